The van der Waals surface area contributed by atoms with Gasteiger partial charge in [-0.25, -0.2) is 0 Å². The first-order chi connectivity index (χ1) is 8.75. The lowest BCUT2D eigenvalue weighted by Crippen LogP contribution is -2.05. The van der Waals surface area contributed by atoms with Crippen molar-refractivity contribution in [3.05, 3.63) is 45.0 Å². The van der Waals surface area contributed by atoms with Crippen molar-refractivity contribution < 1.29 is 18.0 Å². The maximum atomic E-state index is 12.6. The zero-order valence-electron chi connectivity index (χ0n) is 9.92. The van der Waals surface area contributed by atoms with Crippen LogP contribution in [0.5, 0.6) is 0 Å². The van der Waals surface area contributed by atoms with E-state index in [-0.39, 0.29) is 15.7 Å². The molecular weight excluding hydrogens is 299 g/mol. The molecule has 0 amide bonds. The van der Waals surface area contributed by atoms with Crippen LogP contribution in [0.4, 0.5) is 13.2 Å². The number of carbonyl (C=O) groups is 1. The quantitative estimate of drug-likeness (QED) is 0.676. The van der Waals surface area contributed by atoms with Crippen molar-refractivity contribution in [2.24, 2.45) is 5.73 Å². The molecule has 0 aromatic heterocycles. The monoisotopic (exact) mass is 309 g/mol. The molecule has 2 nitrogen and oxygen atoms in total. The number of halogens is 4. The van der Waals surface area contributed by atoms with E-state index in [4.69, 9.17) is 17.3 Å². The van der Waals surface area contributed by atoms with Gasteiger partial charge in [-0.15, -0.1) is 11.8 Å². The highest BCUT2D eigenvalue weighted by molar-refractivity contribution is 8.03. The molecule has 0 unspecified atom stereocenters. The van der Waals surface area contributed by atoms with Crippen molar-refractivity contribution in [3.8, 4) is 0 Å². The summed E-state index contributed by atoms with van der Waals surface area (Å²) in [7, 11) is 0. The Hall–Kier alpha value is -1.14. The molecular formula is C12H11ClF3NOS. The Morgan fingerprint density at radius 2 is 2.11 bits per heavy atom. The number of carbonyl (C=O) groups excluding carboxylic acids is 1. The average molecular weight is 310 g/mol. The molecule has 7 heteroatoms. The van der Waals surface area contributed by atoms with Crippen LogP contribution in [0.3, 0.4) is 0 Å². The number of nitrogens with two attached hydrogens (primary N) is 1. The minimum absolute atomic E-state index is 0.144. The van der Waals surface area contributed by atoms with Crippen LogP contribution >= 0.6 is 23.4 Å². The van der Waals surface area contributed by atoms with Crippen LogP contribution in [0.2, 0.25) is 5.02 Å². The lowest BCUT2D eigenvalue weighted by molar-refractivity contribution is -0.137. The topological polar surface area (TPSA) is 43.1 Å². The highest BCUT2D eigenvalue weighted by Crippen LogP contribution is 2.33. The Morgan fingerprint density at radius 3 is 2.58 bits per heavy atom. The van der Waals surface area contributed by atoms with E-state index >= 15 is 0 Å². The van der Waals surface area contributed by atoms with E-state index in [0.717, 1.165) is 23.9 Å². The molecule has 0 aliphatic heterocycles. The van der Waals surface area contributed by atoms with Crippen molar-refractivity contribution in [1.29, 1.82) is 0 Å². The molecule has 0 aliphatic rings. The third-order valence-electron chi connectivity index (χ3n) is 2.25. The summed E-state index contributed by atoms with van der Waals surface area (Å²) >= 11 is 6.89. The molecule has 0 heterocycles. The summed E-state index contributed by atoms with van der Waals surface area (Å²) in [6, 6.07) is 3.09. The Kier molecular flexibility index (Phi) is 5.31. The van der Waals surface area contributed by atoms with Crippen LogP contribution < -0.4 is 5.73 Å². The van der Waals surface area contributed by atoms with Gasteiger partial charge in [-0.05, 0) is 30.7 Å². The van der Waals surface area contributed by atoms with Crippen LogP contribution in [0, 0.1) is 0 Å². The van der Waals surface area contributed by atoms with Gasteiger partial charge in [0.25, 0.3) is 0 Å². The van der Waals surface area contributed by atoms with Gasteiger partial charge >= 0.3 is 6.18 Å². The lowest BCUT2D eigenvalue weighted by Gasteiger charge is -2.10. The van der Waals surface area contributed by atoms with Gasteiger partial charge in [0.1, 0.15) is 0 Å². The Labute approximate surface area is 117 Å². The maximum Gasteiger partial charge on any atom is 0.416 e. The highest BCUT2D eigenvalue weighted by Gasteiger charge is 2.30. The van der Waals surface area contributed by atoms with Crippen molar-refractivity contribution >= 4 is 29.6 Å². The molecule has 0 saturated carbocycles. The number of thioether (sulfide) groups is 1. The third kappa shape index (κ3) is 4.47. The fourth-order valence-electron chi connectivity index (χ4n) is 1.26. The van der Waals surface area contributed by atoms with E-state index < -0.39 is 11.7 Å². The SMILES string of the molecule is C/C(N)=C(\C=O)SCc1cc(C(F)(F)F)ccc1Cl. The van der Waals surface area contributed by atoms with Crippen LogP contribution in [0.25, 0.3) is 0 Å². The minimum atomic E-state index is -4.42. The minimum Gasteiger partial charge on any atom is -0.401 e. The molecule has 0 aliphatic carbocycles. The summed E-state index contributed by atoms with van der Waals surface area (Å²) in [5, 5.41) is 0.223. The number of alkyl halides is 3. The molecule has 0 bridgehead atoms. The van der Waals surface area contributed by atoms with E-state index in [1.165, 1.54) is 6.07 Å². The molecule has 0 atom stereocenters. The molecule has 1 rings (SSSR count). The first-order valence-electron chi connectivity index (χ1n) is 5.15. The van der Waals surface area contributed by atoms with E-state index in [2.05, 4.69) is 0 Å². The van der Waals surface area contributed by atoms with Crippen molar-refractivity contribution in [2.75, 3.05) is 0 Å². The largest absolute Gasteiger partial charge is 0.416 e. The number of benzene rings is 1. The summed E-state index contributed by atoms with van der Waals surface area (Å²) in [6.07, 6.45) is -3.85. The van der Waals surface area contributed by atoms with Gasteiger partial charge in [0.05, 0.1) is 10.5 Å². The molecule has 0 fully saturated rings. The molecule has 19 heavy (non-hydrogen) atoms. The lowest BCUT2D eigenvalue weighted by atomic mass is 10.1. The second-order valence-electron chi connectivity index (χ2n) is 3.76. The second kappa shape index (κ2) is 6.34. The molecule has 0 radical (unpaired) electrons. The zero-order chi connectivity index (χ0) is 14.6. The number of allylic oxidation sites excluding steroid dienone is 2. The van der Waals surface area contributed by atoms with Gasteiger partial charge < -0.3 is 5.73 Å². The van der Waals surface area contributed by atoms with Gasteiger partial charge in [-0.2, -0.15) is 13.2 Å². The van der Waals surface area contributed by atoms with E-state index in [0.29, 0.717) is 17.5 Å². The normalized spacial score (nSPS) is 13.1. The fraction of sp³-hybridized carbons (Fsp3) is 0.250. The summed E-state index contributed by atoms with van der Waals surface area (Å²) < 4.78 is 37.7. The predicted molar refractivity (Wildman–Crippen MR) is 70.7 cm³/mol. The first kappa shape index (κ1) is 15.9. The summed E-state index contributed by atoms with van der Waals surface area (Å²) in [4.78, 5) is 11.0. The van der Waals surface area contributed by atoms with Crippen LogP contribution in [-0.2, 0) is 16.7 Å². The van der Waals surface area contributed by atoms with Gasteiger partial charge in [-0.1, -0.05) is 11.6 Å². The number of aldehydes is 1. The first-order valence-corrected chi connectivity index (χ1v) is 6.52. The van der Waals surface area contributed by atoms with Crippen molar-refractivity contribution in [2.45, 2.75) is 18.9 Å². The highest BCUT2D eigenvalue weighted by atomic mass is 35.5. The second-order valence-corrected chi connectivity index (χ2v) is 5.18. The predicted octanol–water partition coefficient (Wildman–Crippen LogP) is 3.98. The van der Waals surface area contributed by atoms with E-state index in [1.807, 2.05) is 0 Å². The molecule has 1 aromatic rings. The number of hydrogen-bond donors (Lipinski definition) is 1. The number of rotatable bonds is 4. The zero-order valence-corrected chi connectivity index (χ0v) is 11.5. The van der Waals surface area contributed by atoms with E-state index in [9.17, 15) is 18.0 Å². The Balaban J connectivity index is 2.96. The summed E-state index contributed by atoms with van der Waals surface area (Å²) in [5.41, 5.74) is 5.32. The molecule has 0 saturated heterocycles. The third-order valence-corrected chi connectivity index (χ3v) is 3.81. The summed E-state index contributed by atoms with van der Waals surface area (Å²) in [5.74, 6) is 0.144. The van der Waals surface area contributed by atoms with Crippen molar-refractivity contribution in [3.63, 3.8) is 0 Å². The van der Waals surface area contributed by atoms with Gasteiger partial charge in [0.2, 0.25) is 0 Å². The smallest absolute Gasteiger partial charge is 0.401 e. The standard InChI is InChI=1S/C12H11ClF3NOS/c1-7(17)11(5-18)19-6-8-4-9(12(14,15)16)2-3-10(8)13/h2-5H,6,17H2,1H3/b11-7-. The van der Waals surface area contributed by atoms with Crippen molar-refractivity contribution in [1.82, 2.24) is 0 Å². The van der Waals surface area contributed by atoms with Crippen LogP contribution in [0.1, 0.15) is 18.1 Å². The fourth-order valence-corrected chi connectivity index (χ4v) is 2.37. The molecule has 104 valence electrons. The van der Waals surface area contributed by atoms with Gasteiger partial charge in [0, 0.05) is 16.5 Å². The Bertz CT molecular complexity index is 510. The summed E-state index contributed by atoms with van der Waals surface area (Å²) in [6.45, 7) is 1.55. The van der Waals surface area contributed by atoms with Crippen LogP contribution in [0.15, 0.2) is 28.8 Å². The van der Waals surface area contributed by atoms with Gasteiger partial charge in [0.15, 0.2) is 6.29 Å². The Morgan fingerprint density at radius 1 is 1.47 bits per heavy atom. The molecule has 2 N–H and O–H groups in total. The van der Waals surface area contributed by atoms with Crippen LogP contribution in [-0.4, -0.2) is 6.29 Å². The number of hydrogen-bond acceptors (Lipinski definition) is 3. The maximum absolute atomic E-state index is 12.6. The molecule has 1 aromatic carbocycles. The average Bonchev–Trinajstić information content (AvgIpc) is 2.30. The van der Waals surface area contributed by atoms with Gasteiger partial charge in [-0.3, -0.25) is 4.79 Å². The van der Waals surface area contributed by atoms with E-state index in [1.54, 1.807) is 6.92 Å². The molecule has 0 spiro atoms.